The van der Waals surface area contributed by atoms with Gasteiger partial charge in [0.25, 0.3) is 5.01 Å². The summed E-state index contributed by atoms with van der Waals surface area (Å²) < 4.78 is 8.70. The van der Waals surface area contributed by atoms with Crippen molar-refractivity contribution in [1.82, 2.24) is 0 Å². The first-order valence-electron chi connectivity index (χ1n) is 6.47. The molecule has 0 aliphatic carbocycles. The molecule has 1 aromatic heterocycles. The number of benzene rings is 2. The van der Waals surface area contributed by atoms with Crippen LogP contribution in [0.4, 0.5) is 0 Å². The minimum atomic E-state index is 0. The molecule has 0 atom stereocenters. The second kappa shape index (κ2) is 7.04. The van der Waals surface area contributed by atoms with Gasteiger partial charge in [0.05, 0.1) is 7.11 Å². The molecule has 0 aliphatic rings. The number of ether oxygens (including phenoxy) is 1. The van der Waals surface area contributed by atoms with Crippen molar-refractivity contribution in [3.8, 4) is 5.75 Å². The average molecular weight is 409 g/mol. The Kier molecular flexibility index (Phi) is 5.36. The molecule has 0 bridgehead atoms. The Balaban J connectivity index is 0.00000161. The summed E-state index contributed by atoms with van der Waals surface area (Å²) in [5.41, 5.74) is 2.44. The number of rotatable bonds is 3. The van der Waals surface area contributed by atoms with E-state index in [0.29, 0.717) is 0 Å². The first-order chi connectivity index (χ1) is 9.78. The number of aromatic nitrogens is 1. The molecule has 21 heavy (non-hydrogen) atoms. The monoisotopic (exact) mass is 409 g/mol. The van der Waals surface area contributed by atoms with Gasteiger partial charge in [0, 0.05) is 12.1 Å². The molecular formula is C17H16INOS. The quantitative estimate of drug-likeness (QED) is 0.463. The average Bonchev–Trinajstić information content (AvgIpc) is 2.83. The fourth-order valence-corrected chi connectivity index (χ4v) is 3.20. The van der Waals surface area contributed by atoms with Crippen LogP contribution in [0.1, 0.15) is 10.6 Å². The van der Waals surface area contributed by atoms with E-state index in [1.807, 2.05) is 12.1 Å². The third-order valence-electron chi connectivity index (χ3n) is 3.31. The summed E-state index contributed by atoms with van der Waals surface area (Å²) >= 11 is 1.80. The molecule has 3 aromatic rings. The number of thiazole rings is 1. The van der Waals surface area contributed by atoms with Gasteiger partial charge in [-0.05, 0) is 29.8 Å². The van der Waals surface area contributed by atoms with Gasteiger partial charge in [0.1, 0.15) is 17.5 Å². The number of para-hydroxylation sites is 1. The smallest absolute Gasteiger partial charge is 0.262 e. The highest BCUT2D eigenvalue weighted by atomic mass is 127. The maximum absolute atomic E-state index is 5.16. The van der Waals surface area contributed by atoms with Gasteiger partial charge in [-0.15, -0.1) is 0 Å². The summed E-state index contributed by atoms with van der Waals surface area (Å²) in [6.07, 6.45) is 4.29. The van der Waals surface area contributed by atoms with Crippen LogP contribution < -0.4 is 33.3 Å². The van der Waals surface area contributed by atoms with E-state index in [1.54, 1.807) is 18.4 Å². The van der Waals surface area contributed by atoms with Gasteiger partial charge in [0.2, 0.25) is 5.52 Å². The summed E-state index contributed by atoms with van der Waals surface area (Å²) in [6.45, 7) is 0. The topological polar surface area (TPSA) is 13.1 Å². The van der Waals surface area contributed by atoms with Crippen molar-refractivity contribution < 1.29 is 33.3 Å². The zero-order chi connectivity index (χ0) is 13.9. The molecule has 0 spiro atoms. The zero-order valence-corrected chi connectivity index (χ0v) is 14.9. The van der Waals surface area contributed by atoms with Crippen molar-refractivity contribution >= 4 is 33.7 Å². The summed E-state index contributed by atoms with van der Waals surface area (Å²) in [7, 11) is 3.79. The Morgan fingerprint density at radius 1 is 1.00 bits per heavy atom. The predicted octanol–water partition coefficient (Wildman–Crippen LogP) is 0.909. The van der Waals surface area contributed by atoms with Crippen LogP contribution in [-0.2, 0) is 7.05 Å². The van der Waals surface area contributed by atoms with E-state index in [1.165, 1.54) is 20.8 Å². The Labute approximate surface area is 145 Å². The van der Waals surface area contributed by atoms with E-state index >= 15 is 0 Å². The van der Waals surface area contributed by atoms with Crippen molar-refractivity contribution in [2.24, 2.45) is 7.05 Å². The summed E-state index contributed by atoms with van der Waals surface area (Å²) in [6, 6.07) is 16.5. The molecule has 3 rings (SSSR count). The normalized spacial score (nSPS) is 10.8. The Morgan fingerprint density at radius 3 is 2.38 bits per heavy atom. The fraction of sp³-hybridized carbons (Fsp3) is 0.118. The number of aryl methyl sites for hydroxylation is 1. The second-order valence-electron chi connectivity index (χ2n) is 4.57. The molecule has 0 amide bonds. The van der Waals surface area contributed by atoms with Crippen LogP contribution in [0.25, 0.3) is 22.4 Å². The molecule has 2 aromatic carbocycles. The van der Waals surface area contributed by atoms with Gasteiger partial charge in [0.15, 0.2) is 0 Å². The SMILES string of the molecule is COc1ccc(/C=C/c2sc3ccccc3[n+]2C)cc1.[I-]. The minimum absolute atomic E-state index is 0. The Bertz CT molecular complexity index is 762. The molecule has 0 saturated heterocycles. The van der Waals surface area contributed by atoms with E-state index in [9.17, 15) is 0 Å². The lowest BCUT2D eigenvalue weighted by Gasteiger charge is -1.98. The van der Waals surface area contributed by atoms with Crippen LogP contribution >= 0.6 is 11.3 Å². The highest BCUT2D eigenvalue weighted by molar-refractivity contribution is 7.18. The minimum Gasteiger partial charge on any atom is -1.00 e. The Hall–Kier alpha value is -1.40. The molecule has 0 radical (unpaired) electrons. The third kappa shape index (κ3) is 3.44. The fourth-order valence-electron chi connectivity index (χ4n) is 2.15. The maximum atomic E-state index is 5.16. The molecule has 4 heteroatoms. The molecular weight excluding hydrogens is 393 g/mol. The van der Waals surface area contributed by atoms with Crippen molar-refractivity contribution in [3.63, 3.8) is 0 Å². The first kappa shape index (κ1) is 16.0. The highest BCUT2D eigenvalue weighted by Crippen LogP contribution is 2.21. The van der Waals surface area contributed by atoms with Gasteiger partial charge in [-0.2, -0.15) is 4.57 Å². The number of fused-ring (bicyclic) bond motifs is 1. The largest absolute Gasteiger partial charge is 1.00 e. The van der Waals surface area contributed by atoms with Gasteiger partial charge < -0.3 is 28.7 Å². The molecule has 0 aliphatic heterocycles. The van der Waals surface area contributed by atoms with Crippen LogP contribution in [0.5, 0.6) is 5.75 Å². The van der Waals surface area contributed by atoms with E-state index < -0.39 is 0 Å². The van der Waals surface area contributed by atoms with Crippen molar-refractivity contribution in [2.75, 3.05) is 7.11 Å². The standard InChI is InChI=1S/C17H16NOS.HI/c1-18-15-5-3-4-6-16(15)20-17(18)12-9-13-7-10-14(19-2)11-8-13;/h3-12H,1-2H3;1H/q+1;/p-1/b12-9+;. The molecule has 0 unspecified atom stereocenters. The first-order valence-corrected chi connectivity index (χ1v) is 7.29. The van der Waals surface area contributed by atoms with Crippen LogP contribution in [0.15, 0.2) is 48.5 Å². The molecule has 0 fully saturated rings. The van der Waals surface area contributed by atoms with Crippen LogP contribution in [0.3, 0.4) is 0 Å². The van der Waals surface area contributed by atoms with Crippen molar-refractivity contribution in [2.45, 2.75) is 0 Å². The lowest BCUT2D eigenvalue weighted by atomic mass is 10.2. The number of nitrogens with zero attached hydrogens (tertiary/aromatic N) is 1. The van der Waals surface area contributed by atoms with Crippen molar-refractivity contribution in [1.29, 1.82) is 0 Å². The van der Waals surface area contributed by atoms with Crippen molar-refractivity contribution in [3.05, 3.63) is 59.1 Å². The zero-order valence-electron chi connectivity index (χ0n) is 11.9. The lowest BCUT2D eigenvalue weighted by Crippen LogP contribution is -3.00. The number of methoxy groups -OCH3 is 1. The molecule has 0 saturated carbocycles. The van der Waals surface area contributed by atoms with E-state index in [4.69, 9.17) is 4.74 Å². The highest BCUT2D eigenvalue weighted by Gasteiger charge is 2.12. The van der Waals surface area contributed by atoms with E-state index in [0.717, 1.165) is 5.75 Å². The van der Waals surface area contributed by atoms with Crippen LogP contribution in [-0.4, -0.2) is 7.11 Å². The molecule has 108 valence electrons. The van der Waals surface area contributed by atoms with Crippen LogP contribution in [0, 0.1) is 0 Å². The summed E-state index contributed by atoms with van der Waals surface area (Å²) in [4.78, 5) is 0. The van der Waals surface area contributed by atoms with Gasteiger partial charge in [-0.3, -0.25) is 0 Å². The molecule has 1 heterocycles. The maximum Gasteiger partial charge on any atom is 0.262 e. The summed E-state index contributed by atoms with van der Waals surface area (Å²) in [5, 5.41) is 1.24. The Morgan fingerprint density at radius 2 is 1.71 bits per heavy atom. The van der Waals surface area contributed by atoms with E-state index in [-0.39, 0.29) is 24.0 Å². The number of halogens is 1. The predicted molar refractivity (Wildman–Crippen MR) is 84.9 cm³/mol. The van der Waals surface area contributed by atoms with Gasteiger partial charge in [-0.25, -0.2) is 0 Å². The third-order valence-corrected chi connectivity index (χ3v) is 4.49. The molecule has 2 nitrogen and oxygen atoms in total. The van der Waals surface area contributed by atoms with Gasteiger partial charge >= 0.3 is 0 Å². The van der Waals surface area contributed by atoms with Crippen LogP contribution in [0.2, 0.25) is 0 Å². The molecule has 0 N–H and O–H groups in total. The summed E-state index contributed by atoms with van der Waals surface area (Å²) in [5.74, 6) is 0.884. The number of hydrogen-bond acceptors (Lipinski definition) is 2. The number of hydrogen-bond donors (Lipinski definition) is 0. The second-order valence-corrected chi connectivity index (χ2v) is 5.64. The van der Waals surface area contributed by atoms with E-state index in [2.05, 4.69) is 60.2 Å². The van der Waals surface area contributed by atoms with Gasteiger partial charge in [-0.1, -0.05) is 35.6 Å². The lowest BCUT2D eigenvalue weighted by molar-refractivity contribution is -0.642.